The highest BCUT2D eigenvalue weighted by Gasteiger charge is 2.30. The van der Waals surface area contributed by atoms with Gasteiger partial charge in [0, 0.05) is 19.3 Å². The number of pyridine rings is 1. The highest BCUT2D eigenvalue weighted by atomic mass is 32.2. The number of hydrogen-bond acceptors (Lipinski definition) is 4. The Morgan fingerprint density at radius 2 is 2.33 bits per heavy atom. The quantitative estimate of drug-likeness (QED) is 0.878. The molecule has 0 radical (unpaired) electrons. The predicted octanol–water partition coefficient (Wildman–Crippen LogP) is 0.749. The molecule has 1 aliphatic heterocycles. The molecule has 6 heteroatoms. The van der Waals surface area contributed by atoms with Gasteiger partial charge in [0.05, 0.1) is 0 Å². The molecule has 1 aliphatic rings. The Balaban J connectivity index is 2.25. The molecule has 0 amide bonds. The normalized spacial score (nSPS) is 22.0. The van der Waals surface area contributed by atoms with Gasteiger partial charge in [-0.15, -0.1) is 0 Å². The fourth-order valence-electron chi connectivity index (χ4n) is 2.22. The summed E-state index contributed by atoms with van der Waals surface area (Å²) in [5.41, 5.74) is 6.53. The highest BCUT2D eigenvalue weighted by molar-refractivity contribution is 7.89. The maximum absolute atomic E-state index is 12.4. The maximum atomic E-state index is 12.4. The summed E-state index contributed by atoms with van der Waals surface area (Å²) in [6.45, 7) is 3.47. The van der Waals surface area contributed by atoms with Crippen molar-refractivity contribution >= 4 is 10.0 Å². The predicted molar refractivity (Wildman–Crippen MR) is 69.5 cm³/mol. The van der Waals surface area contributed by atoms with Crippen molar-refractivity contribution in [3.05, 3.63) is 23.9 Å². The van der Waals surface area contributed by atoms with Gasteiger partial charge in [0.1, 0.15) is 0 Å². The smallest absolute Gasteiger partial charge is 0.260 e. The Hall–Kier alpha value is -0.980. The zero-order valence-corrected chi connectivity index (χ0v) is 11.4. The Kier molecular flexibility index (Phi) is 3.99. The number of aromatic nitrogens is 1. The maximum Gasteiger partial charge on any atom is 0.260 e. The van der Waals surface area contributed by atoms with Crippen LogP contribution in [0.5, 0.6) is 0 Å². The van der Waals surface area contributed by atoms with Crippen LogP contribution in [0.3, 0.4) is 0 Å². The molecule has 1 fully saturated rings. The zero-order valence-electron chi connectivity index (χ0n) is 10.5. The molecule has 1 saturated heterocycles. The van der Waals surface area contributed by atoms with Crippen LogP contribution >= 0.6 is 0 Å². The van der Waals surface area contributed by atoms with Gasteiger partial charge in [0.25, 0.3) is 10.0 Å². The second kappa shape index (κ2) is 5.34. The average Bonchev–Trinajstić information content (AvgIpc) is 2.39. The van der Waals surface area contributed by atoms with E-state index in [1.165, 1.54) is 10.5 Å². The summed E-state index contributed by atoms with van der Waals surface area (Å²) in [4.78, 5) is 3.98. The minimum absolute atomic E-state index is 0.139. The van der Waals surface area contributed by atoms with Gasteiger partial charge in [0.2, 0.25) is 0 Å². The van der Waals surface area contributed by atoms with Crippen LogP contribution in [0, 0.1) is 12.8 Å². The molecule has 0 unspecified atom stereocenters. The molecule has 2 heterocycles. The van der Waals surface area contributed by atoms with Crippen LogP contribution in [0.2, 0.25) is 0 Å². The molecular formula is C12H19N3O2S. The number of rotatable bonds is 3. The third kappa shape index (κ3) is 2.71. The number of nitrogens with two attached hydrogens (primary N) is 1. The van der Waals surface area contributed by atoms with Gasteiger partial charge in [-0.05, 0) is 49.9 Å². The van der Waals surface area contributed by atoms with Crippen molar-refractivity contribution in [2.24, 2.45) is 11.7 Å². The molecule has 0 aliphatic carbocycles. The fourth-order valence-corrected chi connectivity index (χ4v) is 3.79. The lowest BCUT2D eigenvalue weighted by Crippen LogP contribution is -2.42. The van der Waals surface area contributed by atoms with Gasteiger partial charge in [-0.25, -0.2) is 13.4 Å². The van der Waals surface area contributed by atoms with Gasteiger partial charge in [-0.3, -0.25) is 0 Å². The van der Waals surface area contributed by atoms with Crippen molar-refractivity contribution < 1.29 is 8.42 Å². The standard InChI is InChI=1S/C12H19N3O2S/c1-10-4-5-14-12(7-10)18(16,17)15-6-2-3-11(8-13)9-15/h4-5,7,11H,2-3,6,8-9,13H2,1H3/t11-/m1/s1. The first-order valence-electron chi connectivity index (χ1n) is 6.17. The molecule has 1 aromatic heterocycles. The van der Waals surface area contributed by atoms with Crippen molar-refractivity contribution in [2.75, 3.05) is 19.6 Å². The summed E-state index contributed by atoms with van der Waals surface area (Å²) in [5.74, 6) is 0.262. The van der Waals surface area contributed by atoms with E-state index in [1.807, 2.05) is 6.92 Å². The number of sulfonamides is 1. The Morgan fingerprint density at radius 3 is 3.00 bits per heavy atom. The molecule has 1 aromatic rings. The number of nitrogens with zero attached hydrogens (tertiary/aromatic N) is 2. The lowest BCUT2D eigenvalue weighted by atomic mass is 10.0. The second-order valence-electron chi connectivity index (χ2n) is 4.78. The van der Waals surface area contributed by atoms with Gasteiger partial charge in [0.15, 0.2) is 5.03 Å². The first-order chi connectivity index (χ1) is 8.54. The summed E-state index contributed by atoms with van der Waals surface area (Å²) in [6, 6.07) is 3.40. The summed E-state index contributed by atoms with van der Waals surface area (Å²) in [7, 11) is -3.46. The molecule has 18 heavy (non-hydrogen) atoms. The SMILES string of the molecule is Cc1ccnc(S(=O)(=O)N2CCC[C@H](CN)C2)c1. The summed E-state index contributed by atoms with van der Waals surface area (Å²) in [5, 5.41) is 0.139. The van der Waals surface area contributed by atoms with E-state index in [0.29, 0.717) is 19.6 Å². The molecule has 1 atom stereocenters. The van der Waals surface area contributed by atoms with Crippen LogP contribution in [-0.4, -0.2) is 37.3 Å². The summed E-state index contributed by atoms with van der Waals surface area (Å²) < 4.78 is 26.4. The Morgan fingerprint density at radius 1 is 1.56 bits per heavy atom. The van der Waals surface area contributed by atoms with Crippen molar-refractivity contribution in [3.63, 3.8) is 0 Å². The second-order valence-corrected chi connectivity index (χ2v) is 6.66. The molecule has 0 bridgehead atoms. The molecule has 0 spiro atoms. The number of piperidine rings is 1. The van der Waals surface area contributed by atoms with E-state index in [-0.39, 0.29) is 10.9 Å². The van der Waals surface area contributed by atoms with Crippen LogP contribution in [-0.2, 0) is 10.0 Å². The van der Waals surface area contributed by atoms with E-state index in [1.54, 1.807) is 12.1 Å². The van der Waals surface area contributed by atoms with E-state index in [2.05, 4.69) is 4.98 Å². The van der Waals surface area contributed by atoms with E-state index >= 15 is 0 Å². The van der Waals surface area contributed by atoms with Gasteiger partial charge >= 0.3 is 0 Å². The highest BCUT2D eigenvalue weighted by Crippen LogP contribution is 2.22. The lowest BCUT2D eigenvalue weighted by molar-refractivity contribution is 0.271. The molecule has 0 aromatic carbocycles. The Bertz CT molecular complexity index is 516. The van der Waals surface area contributed by atoms with Crippen LogP contribution in [0.15, 0.2) is 23.4 Å². The minimum Gasteiger partial charge on any atom is -0.330 e. The van der Waals surface area contributed by atoms with Crippen LogP contribution < -0.4 is 5.73 Å². The number of aryl methyl sites for hydroxylation is 1. The molecule has 5 nitrogen and oxygen atoms in total. The van der Waals surface area contributed by atoms with Crippen LogP contribution in [0.1, 0.15) is 18.4 Å². The molecule has 2 N–H and O–H groups in total. The van der Waals surface area contributed by atoms with Crippen LogP contribution in [0.25, 0.3) is 0 Å². The van der Waals surface area contributed by atoms with Gasteiger partial charge in [-0.1, -0.05) is 0 Å². The first kappa shape index (κ1) is 13.5. The van der Waals surface area contributed by atoms with Crippen molar-refractivity contribution in [1.29, 1.82) is 0 Å². The lowest BCUT2D eigenvalue weighted by Gasteiger charge is -2.30. The fraction of sp³-hybridized carbons (Fsp3) is 0.583. The zero-order chi connectivity index (χ0) is 13.2. The van der Waals surface area contributed by atoms with Crippen molar-refractivity contribution in [2.45, 2.75) is 24.8 Å². The van der Waals surface area contributed by atoms with E-state index < -0.39 is 10.0 Å². The third-order valence-electron chi connectivity index (χ3n) is 3.31. The molecule has 100 valence electrons. The third-order valence-corrected chi connectivity index (χ3v) is 5.07. The van der Waals surface area contributed by atoms with E-state index in [0.717, 1.165) is 18.4 Å². The van der Waals surface area contributed by atoms with E-state index in [4.69, 9.17) is 5.73 Å². The molecule has 0 saturated carbocycles. The average molecular weight is 269 g/mol. The van der Waals surface area contributed by atoms with Crippen molar-refractivity contribution in [1.82, 2.24) is 9.29 Å². The molecule has 2 rings (SSSR count). The largest absolute Gasteiger partial charge is 0.330 e. The van der Waals surface area contributed by atoms with Gasteiger partial charge in [-0.2, -0.15) is 4.31 Å². The van der Waals surface area contributed by atoms with Crippen molar-refractivity contribution in [3.8, 4) is 0 Å². The van der Waals surface area contributed by atoms with Crippen LogP contribution in [0.4, 0.5) is 0 Å². The van der Waals surface area contributed by atoms with E-state index in [9.17, 15) is 8.42 Å². The first-order valence-corrected chi connectivity index (χ1v) is 7.61. The Labute approximate surface area is 108 Å². The summed E-state index contributed by atoms with van der Waals surface area (Å²) >= 11 is 0. The summed E-state index contributed by atoms with van der Waals surface area (Å²) in [6.07, 6.45) is 3.41. The number of hydrogen-bond donors (Lipinski definition) is 1. The topological polar surface area (TPSA) is 76.3 Å². The monoisotopic (exact) mass is 269 g/mol. The minimum atomic E-state index is -3.46. The molecular weight excluding hydrogens is 250 g/mol. The van der Waals surface area contributed by atoms with Gasteiger partial charge < -0.3 is 5.73 Å².